The topological polar surface area (TPSA) is 35.6 Å². The molecule has 1 fully saturated rings. The average Bonchev–Trinajstić information content (AvgIpc) is 2.67. The molecule has 3 rings (SSSR count). The minimum absolute atomic E-state index is 0.0493. The molecule has 2 aromatic rings. The van der Waals surface area contributed by atoms with E-state index in [1.165, 1.54) is 12.1 Å². The molecule has 1 aliphatic heterocycles. The average molecular weight is 384 g/mol. The number of anilines is 1. The highest BCUT2D eigenvalue weighted by atomic mass is 19.1. The van der Waals surface area contributed by atoms with E-state index in [9.17, 15) is 9.18 Å². The number of hydrogen-bond acceptors (Lipinski definition) is 3. The van der Waals surface area contributed by atoms with Crippen molar-refractivity contribution >= 4 is 11.6 Å². The Balaban J connectivity index is 1.89. The van der Waals surface area contributed by atoms with Crippen LogP contribution in [-0.4, -0.2) is 44.0 Å². The first kappa shape index (κ1) is 20.3. The van der Waals surface area contributed by atoms with E-state index in [2.05, 4.69) is 37.1 Å². The molecule has 2 aromatic carbocycles. The number of hydrogen-bond donors (Lipinski definition) is 1. The lowest BCUT2D eigenvalue weighted by atomic mass is 9.85. The van der Waals surface area contributed by atoms with Crippen LogP contribution in [-0.2, 0) is 12.0 Å². The van der Waals surface area contributed by atoms with E-state index in [1.54, 1.807) is 18.0 Å². The number of benzene rings is 2. The van der Waals surface area contributed by atoms with Crippen LogP contribution in [0.4, 0.5) is 10.1 Å². The molecule has 1 N–H and O–H groups in total. The van der Waals surface area contributed by atoms with E-state index < -0.39 is 0 Å². The molecule has 0 unspecified atom stereocenters. The Kier molecular flexibility index (Phi) is 6.04. The van der Waals surface area contributed by atoms with Gasteiger partial charge in [0.25, 0.3) is 5.91 Å². The van der Waals surface area contributed by atoms with Crippen LogP contribution in [0.3, 0.4) is 0 Å². The van der Waals surface area contributed by atoms with Gasteiger partial charge in [0.05, 0.1) is 0 Å². The van der Waals surface area contributed by atoms with Crippen LogP contribution in [0.1, 0.15) is 42.3 Å². The molecular weight excluding hydrogens is 353 g/mol. The predicted molar refractivity (Wildman–Crippen MR) is 112 cm³/mol. The summed E-state index contributed by atoms with van der Waals surface area (Å²) < 4.78 is 13.5. The highest BCUT2D eigenvalue weighted by molar-refractivity contribution is 5.95. The number of halogens is 1. The van der Waals surface area contributed by atoms with E-state index in [1.807, 2.05) is 18.2 Å². The minimum Gasteiger partial charge on any atom is -0.369 e. The molecule has 5 heteroatoms. The minimum atomic E-state index is -0.283. The fourth-order valence-electron chi connectivity index (χ4n) is 3.47. The summed E-state index contributed by atoms with van der Waals surface area (Å²) in [6.45, 7) is 10.6. The number of carbonyl (C=O) groups is 1. The summed E-state index contributed by atoms with van der Waals surface area (Å²) in [5.41, 5.74) is 3.65. The molecule has 0 aliphatic carbocycles. The Bertz CT molecular complexity index is 838. The molecule has 1 aliphatic rings. The van der Waals surface area contributed by atoms with Crippen LogP contribution in [0.2, 0.25) is 0 Å². The molecule has 150 valence electrons. The zero-order valence-electron chi connectivity index (χ0n) is 17.3. The third-order valence-electron chi connectivity index (χ3n) is 5.17. The summed E-state index contributed by atoms with van der Waals surface area (Å²) >= 11 is 0. The van der Waals surface area contributed by atoms with Gasteiger partial charge in [-0.25, -0.2) is 4.39 Å². The zero-order valence-corrected chi connectivity index (χ0v) is 17.3. The van der Waals surface area contributed by atoms with Gasteiger partial charge in [0.1, 0.15) is 5.82 Å². The van der Waals surface area contributed by atoms with Gasteiger partial charge in [-0.3, -0.25) is 4.79 Å². The monoisotopic (exact) mass is 383 g/mol. The molecule has 0 atom stereocenters. The number of piperazine rings is 1. The summed E-state index contributed by atoms with van der Waals surface area (Å²) in [5.74, 6) is -0.333. The molecule has 0 radical (unpaired) electrons. The van der Waals surface area contributed by atoms with Gasteiger partial charge < -0.3 is 15.1 Å². The summed E-state index contributed by atoms with van der Waals surface area (Å²) in [5, 5.41) is 3.37. The van der Waals surface area contributed by atoms with Gasteiger partial charge in [-0.1, -0.05) is 32.9 Å². The van der Waals surface area contributed by atoms with Crippen molar-refractivity contribution in [2.45, 2.75) is 32.7 Å². The highest BCUT2D eigenvalue weighted by Gasteiger charge is 2.22. The fourth-order valence-corrected chi connectivity index (χ4v) is 3.47. The van der Waals surface area contributed by atoms with E-state index in [0.29, 0.717) is 12.1 Å². The summed E-state index contributed by atoms with van der Waals surface area (Å²) in [6.07, 6.45) is 0. The molecular formula is C23H30FN3O. The summed E-state index contributed by atoms with van der Waals surface area (Å²) in [7, 11) is 1.77. The van der Waals surface area contributed by atoms with Crippen molar-refractivity contribution in [2.24, 2.45) is 0 Å². The Morgan fingerprint density at radius 2 is 1.86 bits per heavy atom. The number of nitrogens with one attached hydrogen (secondary N) is 1. The van der Waals surface area contributed by atoms with Crippen molar-refractivity contribution in [3.8, 4) is 0 Å². The van der Waals surface area contributed by atoms with Crippen molar-refractivity contribution in [3.05, 3.63) is 65.0 Å². The molecule has 0 spiro atoms. The van der Waals surface area contributed by atoms with Crippen molar-refractivity contribution in [1.82, 2.24) is 10.2 Å². The van der Waals surface area contributed by atoms with E-state index in [-0.39, 0.29) is 17.1 Å². The Morgan fingerprint density at radius 1 is 1.14 bits per heavy atom. The standard InChI is InChI=1S/C23H30FN3O/c1-23(2,3)19-13-18(14-21(15-19)27-10-8-25-9-11-27)22(28)26(4)16-17-6-5-7-20(24)12-17/h5-7,12-15,25H,8-11,16H2,1-4H3. The summed E-state index contributed by atoms with van der Waals surface area (Å²) in [6, 6.07) is 12.6. The van der Waals surface area contributed by atoms with Gasteiger partial charge in [-0.05, 0) is 46.9 Å². The van der Waals surface area contributed by atoms with Crippen molar-refractivity contribution < 1.29 is 9.18 Å². The predicted octanol–water partition coefficient (Wildman–Crippen LogP) is 3.81. The van der Waals surface area contributed by atoms with Crippen LogP contribution in [0.5, 0.6) is 0 Å². The van der Waals surface area contributed by atoms with E-state index in [0.717, 1.165) is 43.0 Å². The lowest BCUT2D eigenvalue weighted by Crippen LogP contribution is -2.43. The molecule has 1 saturated heterocycles. The molecule has 0 saturated carbocycles. The number of amides is 1. The van der Waals surface area contributed by atoms with E-state index >= 15 is 0 Å². The smallest absolute Gasteiger partial charge is 0.253 e. The third kappa shape index (κ3) is 4.90. The van der Waals surface area contributed by atoms with Crippen LogP contribution in [0, 0.1) is 5.82 Å². The fraction of sp³-hybridized carbons (Fsp3) is 0.435. The second-order valence-electron chi connectivity index (χ2n) is 8.55. The zero-order chi connectivity index (χ0) is 20.3. The van der Waals surface area contributed by atoms with Crippen LogP contribution in [0.25, 0.3) is 0 Å². The normalized spacial score (nSPS) is 14.8. The summed E-state index contributed by atoms with van der Waals surface area (Å²) in [4.78, 5) is 17.1. The lowest BCUT2D eigenvalue weighted by molar-refractivity contribution is 0.0785. The van der Waals surface area contributed by atoms with Gasteiger partial charge >= 0.3 is 0 Å². The third-order valence-corrected chi connectivity index (χ3v) is 5.17. The largest absolute Gasteiger partial charge is 0.369 e. The first-order valence-electron chi connectivity index (χ1n) is 9.85. The maximum atomic E-state index is 13.5. The highest BCUT2D eigenvalue weighted by Crippen LogP contribution is 2.29. The van der Waals surface area contributed by atoms with Crippen molar-refractivity contribution in [1.29, 1.82) is 0 Å². The van der Waals surface area contributed by atoms with Gasteiger partial charge in [-0.2, -0.15) is 0 Å². The van der Waals surface area contributed by atoms with Gasteiger partial charge in [0.2, 0.25) is 0 Å². The quantitative estimate of drug-likeness (QED) is 0.872. The van der Waals surface area contributed by atoms with E-state index in [4.69, 9.17) is 0 Å². The van der Waals surface area contributed by atoms with Crippen LogP contribution >= 0.6 is 0 Å². The molecule has 28 heavy (non-hydrogen) atoms. The molecule has 1 amide bonds. The van der Waals surface area contributed by atoms with Gasteiger partial charge in [0, 0.05) is 51.0 Å². The molecule has 4 nitrogen and oxygen atoms in total. The first-order valence-corrected chi connectivity index (χ1v) is 9.85. The number of nitrogens with zero attached hydrogens (tertiary/aromatic N) is 2. The van der Waals surface area contributed by atoms with Gasteiger partial charge in [0.15, 0.2) is 0 Å². The SMILES string of the molecule is CN(Cc1cccc(F)c1)C(=O)c1cc(N2CCNCC2)cc(C(C)(C)C)c1. The number of rotatable bonds is 4. The number of carbonyl (C=O) groups excluding carboxylic acids is 1. The first-order chi connectivity index (χ1) is 13.2. The van der Waals surface area contributed by atoms with Crippen LogP contribution < -0.4 is 10.2 Å². The second-order valence-corrected chi connectivity index (χ2v) is 8.55. The maximum absolute atomic E-state index is 13.5. The molecule has 1 heterocycles. The Labute approximate surface area is 167 Å². The van der Waals surface area contributed by atoms with Gasteiger partial charge in [-0.15, -0.1) is 0 Å². The maximum Gasteiger partial charge on any atom is 0.253 e. The van der Waals surface area contributed by atoms with Crippen molar-refractivity contribution in [3.63, 3.8) is 0 Å². The van der Waals surface area contributed by atoms with Crippen molar-refractivity contribution in [2.75, 3.05) is 38.1 Å². The second kappa shape index (κ2) is 8.31. The lowest BCUT2D eigenvalue weighted by Gasteiger charge is -2.32. The Morgan fingerprint density at radius 3 is 2.50 bits per heavy atom. The Hall–Kier alpha value is -2.40. The molecule has 0 aromatic heterocycles. The van der Waals surface area contributed by atoms with Crippen LogP contribution in [0.15, 0.2) is 42.5 Å². The molecule has 0 bridgehead atoms.